The van der Waals surface area contributed by atoms with Gasteiger partial charge in [0, 0.05) is 41.8 Å². The van der Waals surface area contributed by atoms with Crippen LogP contribution in [0, 0.1) is 0 Å². The van der Waals surface area contributed by atoms with Crippen molar-refractivity contribution in [3.63, 3.8) is 0 Å². The summed E-state index contributed by atoms with van der Waals surface area (Å²) in [5.41, 5.74) is 0. The van der Waals surface area contributed by atoms with Crippen LogP contribution in [0.2, 0.25) is 51.4 Å². The van der Waals surface area contributed by atoms with Crippen LogP contribution in [0.3, 0.4) is 0 Å². The Hall–Kier alpha value is -0.266. The van der Waals surface area contributed by atoms with Crippen LogP contribution in [-0.2, 0) is 22.9 Å². The summed E-state index contributed by atoms with van der Waals surface area (Å²) in [4.78, 5) is 9.21. The number of ether oxygens (including phenoxy) is 2. The Morgan fingerprint density at radius 1 is 0.750 bits per heavy atom. The molecule has 0 bridgehead atoms. The van der Waals surface area contributed by atoms with Gasteiger partial charge >= 0.3 is 0 Å². The van der Waals surface area contributed by atoms with E-state index in [1.165, 1.54) is 0 Å². The maximum atomic E-state index is 5.92. The van der Waals surface area contributed by atoms with E-state index in [-0.39, 0.29) is 0 Å². The highest BCUT2D eigenvalue weighted by atomic mass is 79.9. The quantitative estimate of drug-likeness (QED) is 0.258. The van der Waals surface area contributed by atoms with E-state index < -0.39 is 16.1 Å². The normalized spacial score (nSPS) is 12.7. The lowest BCUT2D eigenvalue weighted by molar-refractivity contribution is 0.0844. The average molecular weight is 552 g/mol. The summed E-state index contributed by atoms with van der Waals surface area (Å²) in [7, 11) is -2.20. The van der Waals surface area contributed by atoms with Gasteiger partial charge in [-0.2, -0.15) is 0 Å². The predicted octanol–water partition coefficient (Wildman–Crippen LogP) is 5.90. The Morgan fingerprint density at radius 3 is 1.43 bits per heavy atom. The molecule has 0 aliphatic rings. The van der Waals surface area contributed by atoms with Crippen LogP contribution in [0.4, 0.5) is 0 Å². The van der Waals surface area contributed by atoms with Gasteiger partial charge in [-0.25, -0.2) is 9.97 Å². The molecule has 0 aromatic carbocycles. The SMILES string of the molecule is C[Si](C)(C)CCOCn1cc(Br)nc1-c1nc(Br)cn1COCC[Si](C)(C)C. The Bertz CT molecular complexity index is 702. The first-order valence-electron chi connectivity index (χ1n) is 9.56. The van der Waals surface area contributed by atoms with Crippen molar-refractivity contribution in [2.24, 2.45) is 0 Å². The maximum Gasteiger partial charge on any atom is 0.179 e. The number of aromatic nitrogens is 4. The van der Waals surface area contributed by atoms with Crippen molar-refractivity contribution in [1.82, 2.24) is 19.1 Å². The van der Waals surface area contributed by atoms with Gasteiger partial charge in [-0.05, 0) is 43.9 Å². The fourth-order valence-electron chi connectivity index (χ4n) is 2.40. The first-order valence-corrected chi connectivity index (χ1v) is 18.6. The molecule has 2 rings (SSSR count). The van der Waals surface area contributed by atoms with E-state index in [0.717, 1.165) is 46.2 Å². The van der Waals surface area contributed by atoms with Crippen molar-refractivity contribution >= 4 is 48.0 Å². The van der Waals surface area contributed by atoms with E-state index in [0.29, 0.717) is 13.5 Å². The molecule has 158 valence electrons. The molecule has 0 amide bonds. The lowest BCUT2D eigenvalue weighted by Gasteiger charge is -2.17. The summed E-state index contributed by atoms with van der Waals surface area (Å²) < 4.78 is 17.3. The van der Waals surface area contributed by atoms with Crippen LogP contribution in [0.5, 0.6) is 0 Å². The highest BCUT2D eigenvalue weighted by Crippen LogP contribution is 2.24. The molecule has 0 N–H and O–H groups in total. The predicted molar refractivity (Wildman–Crippen MR) is 127 cm³/mol. The molecule has 0 saturated carbocycles. The fraction of sp³-hybridized carbons (Fsp3) is 0.667. The minimum absolute atomic E-state index is 0.458. The van der Waals surface area contributed by atoms with Gasteiger partial charge in [0.1, 0.15) is 22.7 Å². The second-order valence-electron chi connectivity index (χ2n) is 9.41. The van der Waals surface area contributed by atoms with Gasteiger partial charge in [0.15, 0.2) is 11.6 Å². The number of hydrogen-bond donors (Lipinski definition) is 0. The Morgan fingerprint density at radius 2 is 1.11 bits per heavy atom. The average Bonchev–Trinajstić information content (AvgIpc) is 3.08. The van der Waals surface area contributed by atoms with Crippen molar-refractivity contribution in [2.45, 2.75) is 64.8 Å². The topological polar surface area (TPSA) is 54.1 Å². The molecule has 0 fully saturated rings. The number of halogens is 2. The summed E-state index contributed by atoms with van der Waals surface area (Å²) in [6, 6.07) is 2.28. The number of nitrogens with zero attached hydrogens (tertiary/aromatic N) is 4. The van der Waals surface area contributed by atoms with Crippen molar-refractivity contribution in [1.29, 1.82) is 0 Å². The molecule has 2 aromatic heterocycles. The van der Waals surface area contributed by atoms with Crippen molar-refractivity contribution in [2.75, 3.05) is 13.2 Å². The van der Waals surface area contributed by atoms with Crippen molar-refractivity contribution in [3.05, 3.63) is 21.6 Å². The van der Waals surface area contributed by atoms with Crippen molar-refractivity contribution in [3.8, 4) is 11.6 Å². The molecule has 28 heavy (non-hydrogen) atoms. The molecule has 2 heterocycles. The van der Waals surface area contributed by atoms with E-state index in [9.17, 15) is 0 Å². The molecule has 0 aliphatic carbocycles. The largest absolute Gasteiger partial charge is 0.361 e. The van der Waals surface area contributed by atoms with Gasteiger partial charge in [0.2, 0.25) is 0 Å². The Kier molecular flexibility index (Phi) is 8.72. The summed E-state index contributed by atoms with van der Waals surface area (Å²) in [6.45, 7) is 16.6. The molecule has 0 saturated heterocycles. The minimum Gasteiger partial charge on any atom is -0.361 e. The molecule has 6 nitrogen and oxygen atoms in total. The highest BCUT2D eigenvalue weighted by Gasteiger charge is 2.18. The second-order valence-corrected chi connectivity index (χ2v) is 22.3. The summed E-state index contributed by atoms with van der Waals surface area (Å²) in [6.07, 6.45) is 3.87. The van der Waals surface area contributed by atoms with Gasteiger partial charge in [-0.1, -0.05) is 39.3 Å². The monoisotopic (exact) mass is 550 g/mol. The summed E-state index contributed by atoms with van der Waals surface area (Å²) >= 11 is 6.96. The van der Waals surface area contributed by atoms with Gasteiger partial charge in [-0.3, -0.25) is 0 Å². The van der Waals surface area contributed by atoms with Crippen molar-refractivity contribution < 1.29 is 9.47 Å². The van der Waals surface area contributed by atoms with E-state index >= 15 is 0 Å². The summed E-state index contributed by atoms with van der Waals surface area (Å²) in [5, 5.41) is 0. The van der Waals surface area contributed by atoms with Crippen LogP contribution in [0.25, 0.3) is 11.6 Å². The number of hydrogen-bond acceptors (Lipinski definition) is 4. The van der Waals surface area contributed by atoms with Gasteiger partial charge in [0.25, 0.3) is 0 Å². The molecular weight excluding hydrogens is 520 g/mol. The van der Waals surface area contributed by atoms with E-state index in [2.05, 4.69) is 81.1 Å². The Labute approximate surface area is 187 Å². The second kappa shape index (κ2) is 10.2. The van der Waals surface area contributed by atoms with Crippen LogP contribution in [0.1, 0.15) is 0 Å². The molecule has 0 spiro atoms. The third kappa shape index (κ3) is 8.23. The first kappa shape index (κ1) is 24.0. The van der Waals surface area contributed by atoms with Crippen LogP contribution in [-0.4, -0.2) is 48.5 Å². The van der Waals surface area contributed by atoms with Crippen LogP contribution >= 0.6 is 31.9 Å². The zero-order chi connectivity index (χ0) is 20.9. The molecule has 0 atom stereocenters. The molecule has 10 heteroatoms. The third-order valence-electron chi connectivity index (χ3n) is 4.15. The van der Waals surface area contributed by atoms with Crippen LogP contribution in [0.15, 0.2) is 21.6 Å². The van der Waals surface area contributed by atoms with Gasteiger partial charge < -0.3 is 18.6 Å². The zero-order valence-corrected chi connectivity index (χ0v) is 22.9. The number of imidazole rings is 2. The third-order valence-corrected chi connectivity index (χ3v) is 8.32. The zero-order valence-electron chi connectivity index (χ0n) is 17.8. The molecular formula is C18H32Br2N4O2Si2. The fourth-order valence-corrected chi connectivity index (χ4v) is 4.75. The molecule has 0 unspecified atom stereocenters. The van der Waals surface area contributed by atoms with E-state index in [1.54, 1.807) is 0 Å². The summed E-state index contributed by atoms with van der Waals surface area (Å²) in [5.74, 6) is 1.53. The smallest absolute Gasteiger partial charge is 0.179 e. The molecule has 0 aliphatic heterocycles. The van der Waals surface area contributed by atoms with E-state index in [1.807, 2.05) is 21.5 Å². The van der Waals surface area contributed by atoms with Crippen LogP contribution < -0.4 is 0 Å². The molecule has 2 aromatic rings. The lowest BCUT2D eigenvalue weighted by atomic mass is 10.5. The first-order chi connectivity index (χ1) is 12.9. The minimum atomic E-state index is -1.10. The lowest BCUT2D eigenvalue weighted by Crippen LogP contribution is -2.22. The van der Waals surface area contributed by atoms with Gasteiger partial charge in [0.05, 0.1) is 0 Å². The standard InChI is InChI=1S/C18H32Br2N4O2Si2/c1-27(2,3)9-7-25-13-23-11-15(19)21-17(23)18-22-16(20)12-24(18)14-26-8-10-28(4,5)6/h11-12H,7-10,13-14H2,1-6H3. The maximum absolute atomic E-state index is 5.92. The molecule has 0 radical (unpaired) electrons. The Balaban J connectivity index is 2.06. The number of rotatable bonds is 11. The highest BCUT2D eigenvalue weighted by molar-refractivity contribution is 9.10. The van der Waals surface area contributed by atoms with Gasteiger partial charge in [-0.15, -0.1) is 0 Å². The van der Waals surface area contributed by atoms with E-state index in [4.69, 9.17) is 9.47 Å².